The second-order valence-electron chi connectivity index (χ2n) is 6.19. The van der Waals surface area contributed by atoms with Crippen LogP contribution in [0.2, 0.25) is 0 Å². The van der Waals surface area contributed by atoms with Gasteiger partial charge in [-0.2, -0.15) is 0 Å². The maximum Gasteiger partial charge on any atom is 0.154 e. The molecule has 2 aliphatic carbocycles. The normalized spacial score (nSPS) is 19.2. The highest BCUT2D eigenvalue weighted by Gasteiger charge is 2.26. The Morgan fingerprint density at radius 3 is 2.59 bits per heavy atom. The van der Waals surface area contributed by atoms with Gasteiger partial charge < -0.3 is 0 Å². The Morgan fingerprint density at radius 2 is 1.77 bits per heavy atom. The lowest BCUT2D eigenvalue weighted by Crippen LogP contribution is -2.36. The lowest BCUT2D eigenvalue weighted by atomic mass is 9.87. The predicted octanol–water partition coefficient (Wildman–Crippen LogP) is 2.35. The molecule has 3 heteroatoms. The molecular weight excluding hydrogens is 292 g/mol. The maximum absolute atomic E-state index is 12.1. The summed E-state index contributed by atoms with van der Waals surface area (Å²) in [5, 5.41) is 1.99. The average Bonchev–Trinajstić information content (AvgIpc) is 2.52. The van der Waals surface area contributed by atoms with Crippen molar-refractivity contribution in [1.29, 1.82) is 0 Å². The standard InChI is InChI=1S/C19H18O2S/c1-22(20,21)19-8-4-7-15-17-10-9-13-5-2-3-6-14(13)16(17)11-12-18(15)19/h2-3,5-7,10-12,19H,4,8-9H2,1H3. The largest absolute Gasteiger partial charge is 0.228 e. The van der Waals surface area contributed by atoms with E-state index < -0.39 is 9.84 Å². The zero-order chi connectivity index (χ0) is 15.3. The van der Waals surface area contributed by atoms with E-state index in [2.05, 4.69) is 42.5 Å². The lowest BCUT2D eigenvalue weighted by molar-refractivity contribution is 0.581. The smallest absolute Gasteiger partial charge is 0.154 e. The summed E-state index contributed by atoms with van der Waals surface area (Å²) in [6, 6.07) is 12.6. The third-order valence-electron chi connectivity index (χ3n) is 4.80. The van der Waals surface area contributed by atoms with Gasteiger partial charge in [0, 0.05) is 6.26 Å². The van der Waals surface area contributed by atoms with Crippen molar-refractivity contribution in [3.05, 3.63) is 58.0 Å². The van der Waals surface area contributed by atoms with Crippen LogP contribution in [0, 0.1) is 0 Å². The van der Waals surface area contributed by atoms with E-state index in [1.54, 1.807) is 0 Å². The number of rotatable bonds is 1. The molecule has 1 atom stereocenters. The molecule has 0 saturated carbocycles. The summed E-state index contributed by atoms with van der Waals surface area (Å²) in [7, 11) is -3.06. The lowest BCUT2D eigenvalue weighted by Gasteiger charge is -2.23. The van der Waals surface area contributed by atoms with E-state index in [0.717, 1.165) is 23.6 Å². The zero-order valence-corrected chi connectivity index (χ0v) is 13.4. The van der Waals surface area contributed by atoms with Crippen LogP contribution in [-0.2, 0) is 16.3 Å². The second kappa shape index (κ2) is 4.82. The van der Waals surface area contributed by atoms with E-state index in [0.29, 0.717) is 6.42 Å². The first kappa shape index (κ1) is 13.8. The van der Waals surface area contributed by atoms with Gasteiger partial charge in [-0.15, -0.1) is 0 Å². The van der Waals surface area contributed by atoms with Crippen molar-refractivity contribution in [2.75, 3.05) is 6.26 Å². The van der Waals surface area contributed by atoms with Gasteiger partial charge in [-0.25, -0.2) is 8.42 Å². The van der Waals surface area contributed by atoms with Crippen molar-refractivity contribution < 1.29 is 8.42 Å². The molecular formula is C19H18O2S. The molecule has 1 unspecified atom stereocenters. The minimum atomic E-state index is -3.06. The van der Waals surface area contributed by atoms with Gasteiger partial charge in [0.25, 0.3) is 0 Å². The van der Waals surface area contributed by atoms with Crippen LogP contribution in [0.1, 0.15) is 29.2 Å². The van der Waals surface area contributed by atoms with Crippen molar-refractivity contribution in [2.24, 2.45) is 0 Å². The fraction of sp³-hybridized carbons (Fsp3) is 0.263. The van der Waals surface area contributed by atoms with Gasteiger partial charge in [0.05, 0.1) is 5.25 Å². The molecule has 0 aliphatic heterocycles. The maximum atomic E-state index is 12.1. The zero-order valence-electron chi connectivity index (χ0n) is 12.5. The Labute approximate surface area is 130 Å². The highest BCUT2D eigenvalue weighted by Crippen LogP contribution is 2.30. The molecule has 4 rings (SSSR count). The fourth-order valence-electron chi connectivity index (χ4n) is 3.77. The molecule has 2 aliphatic rings. The van der Waals surface area contributed by atoms with Gasteiger partial charge in [0.1, 0.15) is 0 Å². The summed E-state index contributed by atoms with van der Waals surface area (Å²) in [4.78, 5) is 0. The van der Waals surface area contributed by atoms with Crippen LogP contribution >= 0.6 is 0 Å². The molecule has 0 heterocycles. The van der Waals surface area contributed by atoms with E-state index in [-0.39, 0.29) is 5.25 Å². The van der Waals surface area contributed by atoms with E-state index in [1.807, 2.05) is 6.07 Å². The Morgan fingerprint density at radius 1 is 0.955 bits per heavy atom. The third-order valence-corrected chi connectivity index (χ3v) is 6.32. The summed E-state index contributed by atoms with van der Waals surface area (Å²) >= 11 is 0. The Balaban J connectivity index is 2.02. The Hall–Kier alpha value is -1.87. The molecule has 2 aromatic rings. The van der Waals surface area contributed by atoms with Gasteiger partial charge in [0.15, 0.2) is 9.84 Å². The molecule has 0 saturated heterocycles. The number of fused-ring (bicyclic) bond motifs is 5. The summed E-state index contributed by atoms with van der Waals surface area (Å²) in [5.74, 6) is 0. The van der Waals surface area contributed by atoms with Crippen molar-refractivity contribution in [3.8, 4) is 11.1 Å². The van der Waals surface area contributed by atoms with Crippen LogP contribution in [0.4, 0.5) is 0 Å². The predicted molar refractivity (Wildman–Crippen MR) is 90.6 cm³/mol. The topological polar surface area (TPSA) is 34.1 Å². The number of hydrogen-bond donors (Lipinski definition) is 0. The molecule has 0 fully saturated rings. The first-order valence-electron chi connectivity index (χ1n) is 7.66. The van der Waals surface area contributed by atoms with E-state index >= 15 is 0 Å². The molecule has 2 nitrogen and oxygen atoms in total. The van der Waals surface area contributed by atoms with E-state index in [4.69, 9.17) is 0 Å². The highest BCUT2D eigenvalue weighted by molar-refractivity contribution is 7.90. The first-order chi connectivity index (χ1) is 10.6. The molecule has 22 heavy (non-hydrogen) atoms. The first-order valence-corrected chi connectivity index (χ1v) is 9.61. The van der Waals surface area contributed by atoms with E-state index in [9.17, 15) is 8.42 Å². The SMILES string of the molecule is CS(=O)(=O)C1CCC=c2c1ccc1c2=CCc2ccccc2-1. The van der Waals surface area contributed by atoms with Gasteiger partial charge in [-0.05, 0) is 52.0 Å². The molecule has 0 radical (unpaired) electrons. The highest BCUT2D eigenvalue weighted by atomic mass is 32.2. The fourth-order valence-corrected chi connectivity index (χ4v) is 5.00. The van der Waals surface area contributed by atoms with Gasteiger partial charge in [-0.3, -0.25) is 0 Å². The molecule has 0 bridgehead atoms. The quantitative estimate of drug-likeness (QED) is 0.810. The van der Waals surface area contributed by atoms with E-state index in [1.165, 1.54) is 28.2 Å². The average molecular weight is 310 g/mol. The summed E-state index contributed by atoms with van der Waals surface area (Å²) < 4.78 is 24.2. The van der Waals surface area contributed by atoms with Crippen molar-refractivity contribution in [2.45, 2.75) is 24.5 Å². The van der Waals surface area contributed by atoms with Crippen LogP contribution in [0.15, 0.2) is 36.4 Å². The Bertz CT molecular complexity index is 985. The van der Waals surface area contributed by atoms with Gasteiger partial charge >= 0.3 is 0 Å². The summed E-state index contributed by atoms with van der Waals surface area (Å²) in [6.07, 6.45) is 8.25. The molecule has 112 valence electrons. The summed E-state index contributed by atoms with van der Waals surface area (Å²) in [6.45, 7) is 0. The van der Waals surface area contributed by atoms with Crippen molar-refractivity contribution in [1.82, 2.24) is 0 Å². The van der Waals surface area contributed by atoms with Crippen LogP contribution in [0.3, 0.4) is 0 Å². The number of benzene rings is 2. The van der Waals surface area contributed by atoms with Crippen LogP contribution < -0.4 is 10.4 Å². The third kappa shape index (κ3) is 2.03. The second-order valence-corrected chi connectivity index (χ2v) is 8.42. The molecule has 0 N–H and O–H groups in total. The van der Waals surface area contributed by atoms with Gasteiger partial charge in [-0.1, -0.05) is 48.6 Å². The molecule has 2 aromatic carbocycles. The summed E-state index contributed by atoms with van der Waals surface area (Å²) in [5.41, 5.74) is 4.82. The molecule has 0 aromatic heterocycles. The minimum Gasteiger partial charge on any atom is -0.228 e. The number of sulfone groups is 1. The molecule has 0 spiro atoms. The number of hydrogen-bond acceptors (Lipinski definition) is 2. The van der Waals surface area contributed by atoms with Crippen molar-refractivity contribution >= 4 is 22.0 Å². The van der Waals surface area contributed by atoms with Crippen LogP contribution in [0.25, 0.3) is 23.3 Å². The molecule has 0 amide bonds. The van der Waals surface area contributed by atoms with Gasteiger partial charge in [0.2, 0.25) is 0 Å². The minimum absolute atomic E-state index is 0.358. The van der Waals surface area contributed by atoms with Crippen LogP contribution in [-0.4, -0.2) is 14.7 Å². The van der Waals surface area contributed by atoms with Crippen molar-refractivity contribution in [3.63, 3.8) is 0 Å². The Kier molecular flexibility index (Phi) is 3.01. The van der Waals surface area contributed by atoms with Crippen LogP contribution in [0.5, 0.6) is 0 Å². The monoisotopic (exact) mass is 310 g/mol.